The van der Waals surface area contributed by atoms with E-state index in [0.29, 0.717) is 12.3 Å². The molecule has 1 unspecified atom stereocenters. The lowest BCUT2D eigenvalue weighted by Gasteiger charge is -2.14. The Morgan fingerprint density at radius 3 is 2.83 bits per heavy atom. The van der Waals surface area contributed by atoms with E-state index in [1.807, 2.05) is 6.92 Å². The van der Waals surface area contributed by atoms with Crippen molar-refractivity contribution in [2.75, 3.05) is 12.4 Å². The first-order valence-corrected chi connectivity index (χ1v) is 5.95. The zero-order valence-corrected chi connectivity index (χ0v) is 10.9. The van der Waals surface area contributed by atoms with E-state index in [1.54, 1.807) is 13.0 Å². The van der Waals surface area contributed by atoms with Crippen LogP contribution in [0, 0.1) is 6.92 Å². The van der Waals surface area contributed by atoms with Gasteiger partial charge in [-0.05, 0) is 13.3 Å². The zero-order chi connectivity index (χ0) is 13.5. The van der Waals surface area contributed by atoms with Crippen molar-refractivity contribution in [3.8, 4) is 5.88 Å². The molecule has 0 amide bonds. The monoisotopic (exact) mass is 253 g/mol. The number of ether oxygens (including phenoxy) is 1. The van der Waals surface area contributed by atoms with E-state index < -0.39 is 12.0 Å². The number of aryl methyl sites for hydroxylation is 1. The van der Waals surface area contributed by atoms with Gasteiger partial charge in [-0.25, -0.2) is 9.78 Å². The first-order chi connectivity index (χ1) is 8.56. The van der Waals surface area contributed by atoms with Crippen molar-refractivity contribution >= 4 is 11.9 Å². The molecule has 0 spiro atoms. The SMILES string of the molecule is CCCCC(Nc1nc(C)cc(OC)n1)C(=O)O. The minimum Gasteiger partial charge on any atom is -0.481 e. The van der Waals surface area contributed by atoms with Crippen molar-refractivity contribution in [3.05, 3.63) is 11.8 Å². The molecule has 0 bridgehead atoms. The number of nitrogens with one attached hydrogen (secondary N) is 1. The molecule has 0 saturated carbocycles. The van der Waals surface area contributed by atoms with Gasteiger partial charge in [0.1, 0.15) is 6.04 Å². The molecule has 6 heteroatoms. The van der Waals surface area contributed by atoms with Gasteiger partial charge in [0.25, 0.3) is 0 Å². The van der Waals surface area contributed by atoms with Crippen LogP contribution in [0.25, 0.3) is 0 Å². The Labute approximate surface area is 106 Å². The molecule has 0 aliphatic rings. The summed E-state index contributed by atoms with van der Waals surface area (Å²) in [6, 6.07) is 1.02. The molecular weight excluding hydrogens is 234 g/mol. The number of hydrogen-bond acceptors (Lipinski definition) is 5. The molecule has 1 heterocycles. The Bertz CT molecular complexity index is 410. The van der Waals surface area contributed by atoms with Crippen LogP contribution in [0.15, 0.2) is 6.07 Å². The molecule has 1 aromatic heterocycles. The summed E-state index contributed by atoms with van der Waals surface area (Å²) >= 11 is 0. The Kier molecular flexibility index (Phi) is 5.35. The fraction of sp³-hybridized carbons (Fsp3) is 0.583. The molecule has 1 rings (SSSR count). The lowest BCUT2D eigenvalue weighted by atomic mass is 10.1. The van der Waals surface area contributed by atoms with Crippen LogP contribution >= 0.6 is 0 Å². The molecular formula is C12H19N3O3. The summed E-state index contributed by atoms with van der Waals surface area (Å²) in [6.07, 6.45) is 2.34. The van der Waals surface area contributed by atoms with Crippen LogP contribution in [-0.2, 0) is 4.79 Å². The van der Waals surface area contributed by atoms with Crippen LogP contribution in [0.5, 0.6) is 5.88 Å². The highest BCUT2D eigenvalue weighted by molar-refractivity contribution is 5.76. The largest absolute Gasteiger partial charge is 0.481 e. The molecule has 0 aromatic carbocycles. The number of aromatic nitrogens is 2. The number of carbonyl (C=O) groups is 1. The summed E-state index contributed by atoms with van der Waals surface area (Å²) in [7, 11) is 1.51. The predicted molar refractivity (Wildman–Crippen MR) is 67.9 cm³/mol. The van der Waals surface area contributed by atoms with E-state index in [9.17, 15) is 4.79 Å². The van der Waals surface area contributed by atoms with Gasteiger partial charge in [0.15, 0.2) is 0 Å². The fourth-order valence-electron chi connectivity index (χ4n) is 1.53. The van der Waals surface area contributed by atoms with Gasteiger partial charge < -0.3 is 15.2 Å². The van der Waals surface area contributed by atoms with Gasteiger partial charge in [0.05, 0.1) is 7.11 Å². The molecule has 1 atom stereocenters. The number of anilines is 1. The average Bonchev–Trinajstić information content (AvgIpc) is 2.33. The molecule has 2 N–H and O–H groups in total. The maximum Gasteiger partial charge on any atom is 0.326 e. The second-order valence-corrected chi connectivity index (χ2v) is 4.05. The first-order valence-electron chi connectivity index (χ1n) is 5.95. The van der Waals surface area contributed by atoms with Gasteiger partial charge in [-0.1, -0.05) is 19.8 Å². The van der Waals surface area contributed by atoms with E-state index in [4.69, 9.17) is 9.84 Å². The minimum atomic E-state index is -0.896. The van der Waals surface area contributed by atoms with Gasteiger partial charge in [-0.2, -0.15) is 4.98 Å². The highest BCUT2D eigenvalue weighted by Gasteiger charge is 2.18. The summed E-state index contributed by atoms with van der Waals surface area (Å²) in [5.74, 6) is -0.187. The zero-order valence-electron chi connectivity index (χ0n) is 10.9. The highest BCUT2D eigenvalue weighted by Crippen LogP contribution is 2.13. The van der Waals surface area contributed by atoms with Crippen molar-refractivity contribution in [3.63, 3.8) is 0 Å². The standard InChI is InChI=1S/C12H19N3O3/c1-4-5-6-9(11(16)17)14-12-13-8(2)7-10(15-12)18-3/h7,9H,4-6H2,1-3H3,(H,16,17)(H,13,14,15). The Morgan fingerprint density at radius 1 is 1.56 bits per heavy atom. The average molecular weight is 253 g/mol. The summed E-state index contributed by atoms with van der Waals surface area (Å²) < 4.78 is 5.02. The van der Waals surface area contributed by atoms with Crippen molar-refractivity contribution in [1.29, 1.82) is 0 Å². The van der Waals surface area contributed by atoms with Crippen LogP contribution < -0.4 is 10.1 Å². The van der Waals surface area contributed by atoms with Gasteiger partial charge >= 0.3 is 5.97 Å². The van der Waals surface area contributed by atoms with Crippen LogP contribution in [0.4, 0.5) is 5.95 Å². The molecule has 100 valence electrons. The lowest BCUT2D eigenvalue weighted by molar-refractivity contribution is -0.138. The molecule has 1 aromatic rings. The van der Waals surface area contributed by atoms with E-state index in [1.165, 1.54) is 7.11 Å². The molecule has 18 heavy (non-hydrogen) atoms. The smallest absolute Gasteiger partial charge is 0.326 e. The van der Waals surface area contributed by atoms with E-state index in [2.05, 4.69) is 15.3 Å². The molecule has 0 radical (unpaired) electrons. The van der Waals surface area contributed by atoms with Crippen LogP contribution in [-0.4, -0.2) is 34.2 Å². The summed E-state index contributed by atoms with van der Waals surface area (Å²) in [5.41, 5.74) is 0.726. The number of rotatable bonds is 7. The molecule has 6 nitrogen and oxygen atoms in total. The van der Waals surface area contributed by atoms with Gasteiger partial charge in [0, 0.05) is 11.8 Å². The number of carboxylic acid groups (broad SMARTS) is 1. The normalized spacial score (nSPS) is 11.9. The summed E-state index contributed by atoms with van der Waals surface area (Å²) in [5, 5.41) is 11.9. The number of methoxy groups -OCH3 is 1. The maximum absolute atomic E-state index is 11.1. The van der Waals surface area contributed by atoms with Gasteiger partial charge in [-0.3, -0.25) is 0 Å². The second-order valence-electron chi connectivity index (χ2n) is 4.05. The first kappa shape index (κ1) is 14.2. The third-order valence-electron chi connectivity index (χ3n) is 2.49. The number of carboxylic acids is 1. The Hall–Kier alpha value is -1.85. The van der Waals surface area contributed by atoms with Gasteiger partial charge in [0.2, 0.25) is 11.8 Å². The fourth-order valence-corrected chi connectivity index (χ4v) is 1.53. The Balaban J connectivity index is 2.79. The molecule has 0 saturated heterocycles. The number of aliphatic carboxylic acids is 1. The maximum atomic E-state index is 11.1. The third-order valence-corrected chi connectivity index (χ3v) is 2.49. The highest BCUT2D eigenvalue weighted by atomic mass is 16.5. The number of unbranched alkanes of at least 4 members (excludes halogenated alkanes) is 1. The molecule has 0 aliphatic heterocycles. The van der Waals surface area contributed by atoms with Crippen molar-refractivity contribution in [2.45, 2.75) is 39.2 Å². The second kappa shape index (κ2) is 6.78. The summed E-state index contributed by atoms with van der Waals surface area (Å²) in [4.78, 5) is 19.3. The molecule has 0 fully saturated rings. The lowest BCUT2D eigenvalue weighted by Crippen LogP contribution is -2.30. The number of hydrogen-bond donors (Lipinski definition) is 2. The van der Waals surface area contributed by atoms with Crippen molar-refractivity contribution in [1.82, 2.24) is 9.97 Å². The summed E-state index contributed by atoms with van der Waals surface area (Å²) in [6.45, 7) is 3.82. The van der Waals surface area contributed by atoms with Crippen LogP contribution in [0.3, 0.4) is 0 Å². The van der Waals surface area contributed by atoms with E-state index in [-0.39, 0.29) is 5.95 Å². The topological polar surface area (TPSA) is 84.3 Å². The van der Waals surface area contributed by atoms with E-state index in [0.717, 1.165) is 18.5 Å². The molecule has 0 aliphatic carbocycles. The Morgan fingerprint density at radius 2 is 2.28 bits per heavy atom. The third kappa shape index (κ3) is 4.20. The van der Waals surface area contributed by atoms with Crippen LogP contribution in [0.1, 0.15) is 31.9 Å². The van der Waals surface area contributed by atoms with Gasteiger partial charge in [-0.15, -0.1) is 0 Å². The van der Waals surface area contributed by atoms with Crippen molar-refractivity contribution in [2.24, 2.45) is 0 Å². The number of nitrogens with zero attached hydrogens (tertiary/aromatic N) is 2. The quantitative estimate of drug-likeness (QED) is 0.771. The predicted octanol–water partition coefficient (Wildman–Crippen LogP) is 1.85. The van der Waals surface area contributed by atoms with E-state index >= 15 is 0 Å². The van der Waals surface area contributed by atoms with Crippen LogP contribution in [0.2, 0.25) is 0 Å². The minimum absolute atomic E-state index is 0.287. The van der Waals surface area contributed by atoms with Crippen molar-refractivity contribution < 1.29 is 14.6 Å².